The number of rotatable bonds is 8. The van der Waals surface area contributed by atoms with Crippen molar-refractivity contribution in [2.75, 3.05) is 6.26 Å². The van der Waals surface area contributed by atoms with Gasteiger partial charge in [0.15, 0.2) is 15.9 Å². The van der Waals surface area contributed by atoms with Gasteiger partial charge in [-0.1, -0.05) is 45.0 Å². The van der Waals surface area contributed by atoms with Gasteiger partial charge in [-0.15, -0.1) is 0 Å². The summed E-state index contributed by atoms with van der Waals surface area (Å²) >= 11 is 0. The van der Waals surface area contributed by atoms with Crippen LogP contribution in [0, 0.1) is 6.92 Å². The van der Waals surface area contributed by atoms with Crippen molar-refractivity contribution in [1.82, 2.24) is 5.32 Å². The van der Waals surface area contributed by atoms with E-state index in [-0.39, 0.29) is 22.8 Å². The number of ether oxygens (including phenoxy) is 1. The lowest BCUT2D eigenvalue weighted by atomic mass is 10.0. The van der Waals surface area contributed by atoms with Crippen LogP contribution in [0.1, 0.15) is 62.8 Å². The Kier molecular flexibility index (Phi) is 7.47. The van der Waals surface area contributed by atoms with Crippen molar-refractivity contribution < 1.29 is 17.9 Å². The number of carbonyl (C=O) groups excluding carboxylic acids is 1. The van der Waals surface area contributed by atoms with Crippen molar-refractivity contribution in [2.45, 2.75) is 64.0 Å². The third-order valence-electron chi connectivity index (χ3n) is 4.90. The predicted molar refractivity (Wildman–Crippen MR) is 116 cm³/mol. The molecule has 0 fully saturated rings. The molecule has 1 N–H and O–H groups in total. The van der Waals surface area contributed by atoms with Crippen LogP contribution in [0.25, 0.3) is 0 Å². The smallest absolute Gasteiger partial charge is 0.261 e. The normalized spacial score (nSPS) is 13.8. The van der Waals surface area contributed by atoms with E-state index in [1.807, 2.05) is 32.0 Å². The molecule has 0 saturated heterocycles. The molecule has 0 aliphatic heterocycles. The van der Waals surface area contributed by atoms with Crippen LogP contribution in [0.15, 0.2) is 47.4 Å². The highest BCUT2D eigenvalue weighted by Gasteiger charge is 2.21. The Bertz CT molecular complexity index is 949. The zero-order chi connectivity index (χ0) is 21.8. The molecular formula is C23H31NO4S. The van der Waals surface area contributed by atoms with E-state index < -0.39 is 15.9 Å². The minimum absolute atomic E-state index is 0.208. The summed E-state index contributed by atoms with van der Waals surface area (Å²) in [5.41, 5.74) is 3.01. The Morgan fingerprint density at radius 1 is 1.07 bits per heavy atom. The molecule has 1 amide bonds. The molecule has 0 saturated carbocycles. The minimum Gasteiger partial charge on any atom is -0.481 e. The highest BCUT2D eigenvalue weighted by molar-refractivity contribution is 7.90. The molecule has 29 heavy (non-hydrogen) atoms. The maximum atomic E-state index is 12.8. The van der Waals surface area contributed by atoms with Crippen molar-refractivity contribution in [3.63, 3.8) is 0 Å². The van der Waals surface area contributed by atoms with Gasteiger partial charge in [-0.2, -0.15) is 0 Å². The van der Waals surface area contributed by atoms with Gasteiger partial charge >= 0.3 is 0 Å². The lowest BCUT2D eigenvalue weighted by molar-refractivity contribution is -0.128. The molecule has 0 unspecified atom stereocenters. The van der Waals surface area contributed by atoms with E-state index in [2.05, 4.69) is 19.2 Å². The van der Waals surface area contributed by atoms with Crippen molar-refractivity contribution in [2.24, 2.45) is 0 Å². The zero-order valence-corrected chi connectivity index (χ0v) is 18.8. The number of carbonyl (C=O) groups is 1. The standard InChI is InChI=1S/C23H31NO4S/c1-7-21(18-9-11-19(12-10-18)29(6,26)27)24-23(25)17(5)28-22-14-16(4)8-13-20(22)15(2)3/h8-15,17,21H,7H2,1-6H3,(H,24,25)/t17-,21+/m0/s1. The van der Waals surface area contributed by atoms with Crippen molar-refractivity contribution in [3.8, 4) is 5.75 Å². The summed E-state index contributed by atoms with van der Waals surface area (Å²) in [4.78, 5) is 13.0. The van der Waals surface area contributed by atoms with E-state index in [4.69, 9.17) is 4.74 Å². The van der Waals surface area contributed by atoms with Gasteiger partial charge in [-0.05, 0) is 61.1 Å². The third kappa shape index (κ3) is 6.07. The summed E-state index contributed by atoms with van der Waals surface area (Å²) in [6.45, 7) is 9.89. The van der Waals surface area contributed by atoms with E-state index in [1.165, 1.54) is 6.26 Å². The first-order valence-corrected chi connectivity index (χ1v) is 11.8. The van der Waals surface area contributed by atoms with Crippen LogP contribution >= 0.6 is 0 Å². The molecule has 0 aliphatic rings. The molecule has 5 nitrogen and oxygen atoms in total. The van der Waals surface area contributed by atoms with Crippen molar-refractivity contribution in [3.05, 3.63) is 59.2 Å². The summed E-state index contributed by atoms with van der Waals surface area (Å²) in [6.07, 6.45) is 1.20. The second-order valence-corrected chi connectivity index (χ2v) is 9.78. The van der Waals surface area contributed by atoms with Crippen LogP contribution in [-0.4, -0.2) is 26.7 Å². The van der Waals surface area contributed by atoms with Crippen molar-refractivity contribution in [1.29, 1.82) is 0 Å². The Morgan fingerprint density at radius 2 is 1.69 bits per heavy atom. The van der Waals surface area contributed by atoms with Gasteiger partial charge in [0.1, 0.15) is 5.75 Å². The Balaban J connectivity index is 2.12. The molecule has 6 heteroatoms. The minimum atomic E-state index is -3.25. The summed E-state index contributed by atoms with van der Waals surface area (Å²) < 4.78 is 29.3. The van der Waals surface area contributed by atoms with Crippen LogP contribution in [0.2, 0.25) is 0 Å². The maximum Gasteiger partial charge on any atom is 0.261 e. The molecule has 0 aliphatic carbocycles. The number of sulfone groups is 1. The van der Waals surface area contributed by atoms with Crippen LogP contribution < -0.4 is 10.1 Å². The quantitative estimate of drug-likeness (QED) is 0.684. The van der Waals surface area contributed by atoms with Gasteiger partial charge in [-0.3, -0.25) is 4.79 Å². The fourth-order valence-electron chi connectivity index (χ4n) is 3.12. The summed E-state index contributed by atoms with van der Waals surface area (Å²) in [6, 6.07) is 12.5. The SMILES string of the molecule is CC[C@@H](NC(=O)[C@H](C)Oc1cc(C)ccc1C(C)C)c1ccc(S(C)(=O)=O)cc1. The number of nitrogens with one attached hydrogen (secondary N) is 1. The first kappa shape index (κ1) is 22.9. The zero-order valence-electron chi connectivity index (χ0n) is 18.0. The molecule has 2 atom stereocenters. The average molecular weight is 418 g/mol. The summed E-state index contributed by atoms with van der Waals surface area (Å²) in [5.74, 6) is 0.811. The van der Waals surface area contributed by atoms with Crippen LogP contribution in [0.4, 0.5) is 0 Å². The second-order valence-electron chi connectivity index (χ2n) is 7.77. The molecule has 158 valence electrons. The van der Waals surface area contributed by atoms with E-state index in [0.717, 1.165) is 22.4 Å². The largest absolute Gasteiger partial charge is 0.481 e. The van der Waals surface area contributed by atoms with Crippen LogP contribution in [0.3, 0.4) is 0 Å². The van der Waals surface area contributed by atoms with E-state index >= 15 is 0 Å². The van der Waals surface area contributed by atoms with Gasteiger partial charge < -0.3 is 10.1 Å². The molecule has 2 aromatic carbocycles. The van der Waals surface area contributed by atoms with Crippen molar-refractivity contribution >= 4 is 15.7 Å². The Hall–Kier alpha value is -2.34. The molecule has 0 heterocycles. The number of amides is 1. The monoisotopic (exact) mass is 417 g/mol. The highest BCUT2D eigenvalue weighted by Crippen LogP contribution is 2.28. The Labute approximate surface area is 174 Å². The fraction of sp³-hybridized carbons (Fsp3) is 0.435. The fourth-order valence-corrected chi connectivity index (χ4v) is 3.75. The predicted octanol–water partition coefficient (Wildman–Crippen LogP) is 4.56. The van der Waals surface area contributed by atoms with E-state index in [0.29, 0.717) is 6.42 Å². The van der Waals surface area contributed by atoms with Gasteiger partial charge in [0.2, 0.25) is 0 Å². The number of benzene rings is 2. The van der Waals surface area contributed by atoms with Crippen LogP contribution in [0.5, 0.6) is 5.75 Å². The van der Waals surface area contributed by atoms with Gasteiger partial charge in [0, 0.05) is 6.26 Å². The van der Waals surface area contributed by atoms with E-state index in [1.54, 1.807) is 31.2 Å². The lowest BCUT2D eigenvalue weighted by Crippen LogP contribution is -2.38. The molecule has 0 aromatic heterocycles. The van der Waals surface area contributed by atoms with Crippen LogP contribution in [-0.2, 0) is 14.6 Å². The first-order valence-electron chi connectivity index (χ1n) is 9.90. The van der Waals surface area contributed by atoms with Gasteiger partial charge in [0.25, 0.3) is 5.91 Å². The third-order valence-corrected chi connectivity index (χ3v) is 6.03. The van der Waals surface area contributed by atoms with E-state index in [9.17, 15) is 13.2 Å². The number of hydrogen-bond donors (Lipinski definition) is 1. The van der Waals surface area contributed by atoms with Gasteiger partial charge in [-0.25, -0.2) is 8.42 Å². The highest BCUT2D eigenvalue weighted by atomic mass is 32.2. The molecule has 2 aromatic rings. The lowest BCUT2D eigenvalue weighted by Gasteiger charge is -2.23. The topological polar surface area (TPSA) is 72.5 Å². The number of aryl methyl sites for hydroxylation is 1. The molecule has 0 spiro atoms. The summed E-state index contributed by atoms with van der Waals surface area (Å²) in [5, 5.41) is 3.01. The van der Waals surface area contributed by atoms with Gasteiger partial charge in [0.05, 0.1) is 10.9 Å². The first-order chi connectivity index (χ1) is 13.5. The number of hydrogen-bond acceptors (Lipinski definition) is 4. The molecule has 2 rings (SSSR count). The molecule has 0 radical (unpaired) electrons. The maximum absolute atomic E-state index is 12.8. The molecule has 0 bridgehead atoms. The Morgan fingerprint density at radius 3 is 2.21 bits per heavy atom. The molecular weight excluding hydrogens is 386 g/mol. The summed E-state index contributed by atoms with van der Waals surface area (Å²) in [7, 11) is -3.25. The average Bonchev–Trinajstić information content (AvgIpc) is 2.65. The second kappa shape index (κ2) is 9.44.